The van der Waals surface area contributed by atoms with Crippen LogP contribution < -0.4 is 4.72 Å². The molecule has 2 atom stereocenters. The molecule has 0 saturated heterocycles. The van der Waals surface area contributed by atoms with Crippen LogP contribution in [-0.4, -0.2) is 32.4 Å². The molecule has 11 heteroatoms. The van der Waals surface area contributed by atoms with Crippen LogP contribution in [0.25, 0.3) is 10.9 Å². The van der Waals surface area contributed by atoms with Gasteiger partial charge in [0.05, 0.1) is 39.5 Å². The zero-order chi connectivity index (χ0) is 26.7. The molecule has 1 heterocycles. The summed E-state index contributed by atoms with van der Waals surface area (Å²) in [6, 6.07) is 12.6. The van der Waals surface area contributed by atoms with Crippen molar-refractivity contribution in [3.05, 3.63) is 70.9 Å². The van der Waals surface area contributed by atoms with Gasteiger partial charge in [-0.05, 0) is 52.3 Å². The summed E-state index contributed by atoms with van der Waals surface area (Å²) in [4.78, 5) is 0. The summed E-state index contributed by atoms with van der Waals surface area (Å²) in [5.41, 5.74) is -2.48. The number of hydrogen-bond donors (Lipinski definition) is 1. The van der Waals surface area contributed by atoms with Crippen LogP contribution in [0.4, 0.5) is 8.78 Å². The summed E-state index contributed by atoms with van der Waals surface area (Å²) in [5.74, 6) is 0. The molecule has 1 aromatic heterocycles. The largest absolute Gasteiger partial charge is 0.401 e. The first-order valence-electron chi connectivity index (χ1n) is 11.6. The Morgan fingerprint density at radius 1 is 1.06 bits per heavy atom. The van der Waals surface area contributed by atoms with Gasteiger partial charge in [0.15, 0.2) is 0 Å². The Hall–Kier alpha value is -1.61. The van der Waals surface area contributed by atoms with Crippen LogP contribution in [0.5, 0.6) is 0 Å². The third-order valence-corrected chi connectivity index (χ3v) is 9.54. The Balaban J connectivity index is 2.27. The number of benzene rings is 2. The van der Waals surface area contributed by atoms with Gasteiger partial charge in [0.25, 0.3) is 0 Å². The van der Waals surface area contributed by atoms with Gasteiger partial charge >= 0.3 is 13.3 Å². The Bertz CT molecular complexity index is 1250. The molecule has 0 saturated carbocycles. The Morgan fingerprint density at radius 3 is 2.22 bits per heavy atom. The van der Waals surface area contributed by atoms with Crippen LogP contribution in [-0.2, 0) is 31.1 Å². The summed E-state index contributed by atoms with van der Waals surface area (Å²) in [6.45, 7) is 7.76. The molecule has 0 aliphatic heterocycles. The van der Waals surface area contributed by atoms with Gasteiger partial charge in [-0.1, -0.05) is 48.0 Å². The van der Waals surface area contributed by atoms with E-state index in [0.29, 0.717) is 17.4 Å². The number of nitrogens with one attached hydrogen (secondary N) is 1. The fourth-order valence-electron chi connectivity index (χ4n) is 3.78. The van der Waals surface area contributed by atoms with E-state index >= 15 is 8.78 Å². The summed E-state index contributed by atoms with van der Waals surface area (Å²) in [5, 5.41) is 0.582. The van der Waals surface area contributed by atoms with Crippen LogP contribution in [0.1, 0.15) is 51.8 Å². The molecule has 0 bridgehead atoms. The van der Waals surface area contributed by atoms with Crippen LogP contribution in [0.15, 0.2) is 54.7 Å². The van der Waals surface area contributed by atoms with Gasteiger partial charge < -0.3 is 13.6 Å². The van der Waals surface area contributed by atoms with Crippen molar-refractivity contribution in [3.8, 4) is 0 Å². The molecule has 0 fully saturated rings. The molecule has 2 aromatic carbocycles. The zero-order valence-corrected chi connectivity index (χ0v) is 23.4. The lowest BCUT2D eigenvalue weighted by atomic mass is 10.1. The van der Waals surface area contributed by atoms with Crippen LogP contribution in [0, 0.1) is 0 Å². The van der Waals surface area contributed by atoms with Gasteiger partial charge in [0.1, 0.15) is 6.04 Å². The highest BCUT2D eigenvalue weighted by Gasteiger charge is 2.60. The maximum atomic E-state index is 16.3. The van der Waals surface area contributed by atoms with Crippen molar-refractivity contribution < 1.29 is 26.6 Å². The molecule has 0 aliphatic rings. The number of halogens is 3. The Kier molecular flexibility index (Phi) is 9.18. The number of hydrogen-bond acceptors (Lipinski definition) is 4. The quantitative estimate of drug-likeness (QED) is 0.250. The molecule has 3 aromatic rings. The van der Waals surface area contributed by atoms with Gasteiger partial charge in [-0.3, -0.25) is 4.57 Å². The maximum Gasteiger partial charge on any atom is 0.401 e. The van der Waals surface area contributed by atoms with E-state index in [9.17, 15) is 8.77 Å². The second-order valence-electron chi connectivity index (χ2n) is 9.18. The molecule has 3 rings (SSSR count). The van der Waals surface area contributed by atoms with Crippen molar-refractivity contribution in [3.63, 3.8) is 0 Å². The van der Waals surface area contributed by atoms with E-state index < -0.39 is 35.0 Å². The van der Waals surface area contributed by atoms with E-state index in [1.54, 1.807) is 43.5 Å². The van der Waals surface area contributed by atoms with Crippen molar-refractivity contribution in [2.75, 3.05) is 13.2 Å². The summed E-state index contributed by atoms with van der Waals surface area (Å²) in [6.07, 6.45) is 1.54. The maximum absolute atomic E-state index is 16.3. The van der Waals surface area contributed by atoms with Gasteiger partial charge in [-0.15, -0.1) is 0 Å². The first-order valence-corrected chi connectivity index (χ1v) is 14.7. The summed E-state index contributed by atoms with van der Waals surface area (Å²) >= 11 is 6.54. The molecule has 0 amide bonds. The third-order valence-electron chi connectivity index (χ3n) is 5.48. The van der Waals surface area contributed by atoms with E-state index in [-0.39, 0.29) is 23.8 Å². The lowest BCUT2D eigenvalue weighted by Crippen LogP contribution is -2.43. The van der Waals surface area contributed by atoms with Gasteiger partial charge in [0.2, 0.25) is 0 Å². The minimum absolute atomic E-state index is 0.0498. The summed E-state index contributed by atoms with van der Waals surface area (Å²) < 4.78 is 72.7. The fraction of sp³-hybridized carbons (Fsp3) is 0.440. The fourth-order valence-corrected chi connectivity index (χ4v) is 6.61. The van der Waals surface area contributed by atoms with E-state index in [4.69, 9.17) is 20.6 Å². The Morgan fingerprint density at radius 2 is 1.67 bits per heavy atom. The lowest BCUT2D eigenvalue weighted by Gasteiger charge is -2.33. The number of nitrogens with zero attached hydrogens (tertiary/aromatic N) is 1. The first-order chi connectivity index (χ1) is 16.9. The second kappa shape index (κ2) is 11.4. The molecule has 0 radical (unpaired) electrons. The van der Waals surface area contributed by atoms with Crippen molar-refractivity contribution in [1.82, 2.24) is 9.29 Å². The highest BCUT2D eigenvalue weighted by molar-refractivity contribution is 7.84. The monoisotopic (exact) mass is 560 g/mol. The smallest absolute Gasteiger partial charge is 0.343 e. The van der Waals surface area contributed by atoms with Crippen molar-refractivity contribution in [2.45, 2.75) is 57.6 Å². The van der Waals surface area contributed by atoms with Crippen molar-refractivity contribution in [1.29, 1.82) is 0 Å². The average molecular weight is 561 g/mol. The molecule has 0 spiro atoms. The lowest BCUT2D eigenvalue weighted by molar-refractivity contribution is 0.0119. The van der Waals surface area contributed by atoms with Gasteiger partial charge in [0, 0.05) is 23.7 Å². The minimum atomic E-state index is -4.99. The highest BCUT2D eigenvalue weighted by Crippen LogP contribution is 2.66. The summed E-state index contributed by atoms with van der Waals surface area (Å²) in [7, 11) is -6.94. The number of rotatable bonds is 11. The van der Waals surface area contributed by atoms with Crippen LogP contribution in [0.2, 0.25) is 5.02 Å². The average Bonchev–Trinajstić information content (AvgIpc) is 3.16. The predicted octanol–water partition coefficient (Wildman–Crippen LogP) is 7.29. The normalized spacial score (nSPS) is 14.8. The van der Waals surface area contributed by atoms with E-state index in [0.717, 1.165) is 5.56 Å². The molecular formula is C25H32ClF2N2O4PS. The minimum Gasteiger partial charge on any atom is -0.343 e. The second-order valence-corrected chi connectivity index (χ2v) is 13.7. The number of fused-ring (bicyclic) bond motifs is 1. The molecule has 0 aliphatic carbocycles. The molecule has 1 N–H and O–H groups in total. The molecular weight excluding hydrogens is 529 g/mol. The molecule has 2 unspecified atom stereocenters. The molecule has 198 valence electrons. The topological polar surface area (TPSA) is 69.6 Å². The van der Waals surface area contributed by atoms with Crippen LogP contribution in [0.3, 0.4) is 0 Å². The zero-order valence-electron chi connectivity index (χ0n) is 21.0. The standard InChI is InChI=1S/C25H32ClF2N2O4PS/c1-6-33-35(31,34-7-2)25(27,28)23(29-36(32)24(3,4)5)19-17-30(16-18-12-9-8-10-13-18)21-15-11-14-20(26)22(19)21/h8-15,17,23,29H,6-7,16H2,1-5H3. The SMILES string of the molecule is CCOP(=O)(OCC)C(F)(F)C(NS(=O)C(C)(C)C)c1cn(Cc2ccccc2)c2cccc(Cl)c12. The van der Waals surface area contributed by atoms with E-state index in [1.165, 1.54) is 20.0 Å². The molecule has 6 nitrogen and oxygen atoms in total. The van der Waals surface area contributed by atoms with Gasteiger partial charge in [-0.2, -0.15) is 8.78 Å². The predicted molar refractivity (Wildman–Crippen MR) is 142 cm³/mol. The number of aromatic nitrogens is 1. The third kappa shape index (κ3) is 5.93. The highest BCUT2D eigenvalue weighted by atomic mass is 35.5. The van der Waals surface area contributed by atoms with E-state index in [2.05, 4.69) is 4.72 Å². The van der Waals surface area contributed by atoms with E-state index in [1.807, 2.05) is 30.3 Å². The van der Waals surface area contributed by atoms with Crippen molar-refractivity contribution in [2.24, 2.45) is 0 Å². The Labute approximate surface area is 218 Å². The molecule has 36 heavy (non-hydrogen) atoms. The van der Waals surface area contributed by atoms with Crippen molar-refractivity contribution >= 4 is 41.1 Å². The number of alkyl halides is 2. The first kappa shape index (κ1) is 29.0. The van der Waals surface area contributed by atoms with Gasteiger partial charge in [-0.25, -0.2) is 8.93 Å². The van der Waals surface area contributed by atoms with Crippen LogP contribution >= 0.6 is 19.2 Å².